The smallest absolute Gasteiger partial charge is 0.404 e. The lowest BCUT2D eigenvalue weighted by atomic mass is 9.57. The Morgan fingerprint density at radius 1 is 0.642 bits per heavy atom. The van der Waals surface area contributed by atoms with Gasteiger partial charge in [0, 0.05) is 24.7 Å². The molecule has 53 heavy (non-hydrogen) atoms. The highest BCUT2D eigenvalue weighted by Gasteiger charge is 2.70. The van der Waals surface area contributed by atoms with Gasteiger partial charge in [-0.25, -0.2) is 24.1 Å². The highest BCUT2D eigenvalue weighted by molar-refractivity contribution is 7.48. The largest absolute Gasteiger partial charge is 0.530 e. The van der Waals surface area contributed by atoms with Gasteiger partial charge in [-0.2, -0.15) is 0 Å². The Hall–Kier alpha value is -1.15. The molecule has 296 valence electrons. The lowest BCUT2D eigenvalue weighted by Crippen LogP contribution is -2.70. The summed E-state index contributed by atoms with van der Waals surface area (Å²) in [5, 5.41) is 0. The van der Waals surface area contributed by atoms with Crippen LogP contribution in [0.3, 0.4) is 0 Å². The molecule has 11 rings (SSSR count). The van der Waals surface area contributed by atoms with E-state index in [0.29, 0.717) is 42.3 Å². The molecule has 0 aromatic heterocycles. The van der Waals surface area contributed by atoms with Crippen LogP contribution in [0.4, 0.5) is 0 Å². The van der Waals surface area contributed by atoms with Gasteiger partial charge in [-0.3, -0.25) is 9.05 Å². The quantitative estimate of drug-likeness (QED) is 0.168. The molecule has 4 bridgehead atoms. The number of ether oxygens (including phenoxy) is 4. The van der Waals surface area contributed by atoms with E-state index in [1.54, 1.807) is 12.1 Å². The van der Waals surface area contributed by atoms with E-state index in [1.807, 2.05) is 32.0 Å². The Bertz CT molecular complexity index is 1450. The minimum Gasteiger partial charge on any atom is -0.404 e. The van der Waals surface area contributed by atoms with E-state index in [0.717, 1.165) is 51.4 Å². The molecule has 13 heteroatoms. The van der Waals surface area contributed by atoms with Crippen LogP contribution in [-0.2, 0) is 52.1 Å². The molecule has 0 N–H and O–H groups in total. The fourth-order valence-electron chi connectivity index (χ4n) is 11.9. The lowest BCUT2D eigenvalue weighted by Gasteiger charge is -2.60. The molecule has 8 heterocycles. The fourth-order valence-corrected chi connectivity index (χ4v) is 13.1. The third-order valence-electron chi connectivity index (χ3n) is 14.9. The fraction of sp³-hybridized carbons (Fsp3) is 0.850. The maximum atomic E-state index is 14.4. The molecule has 10 aliphatic rings. The van der Waals surface area contributed by atoms with Crippen LogP contribution in [0.5, 0.6) is 5.75 Å². The van der Waals surface area contributed by atoms with E-state index < -0.39 is 43.2 Å². The molecule has 0 amide bonds. The van der Waals surface area contributed by atoms with E-state index in [9.17, 15) is 4.57 Å². The van der Waals surface area contributed by atoms with Crippen molar-refractivity contribution in [3.8, 4) is 5.75 Å². The van der Waals surface area contributed by atoms with Gasteiger partial charge < -0.3 is 23.5 Å². The van der Waals surface area contributed by atoms with Gasteiger partial charge in [0.25, 0.3) is 0 Å². The second-order valence-electron chi connectivity index (χ2n) is 18.0. The molecular weight excluding hydrogens is 703 g/mol. The number of hydrogen-bond donors (Lipinski definition) is 0. The Morgan fingerprint density at radius 3 is 1.58 bits per heavy atom. The van der Waals surface area contributed by atoms with Crippen LogP contribution in [0.1, 0.15) is 106 Å². The second kappa shape index (κ2) is 13.8. The monoisotopic (exact) mass is 762 g/mol. The van der Waals surface area contributed by atoms with Crippen LogP contribution < -0.4 is 4.52 Å². The molecule has 8 aliphatic heterocycles. The maximum absolute atomic E-state index is 14.4. The van der Waals surface area contributed by atoms with E-state index >= 15 is 0 Å². The zero-order valence-corrected chi connectivity index (χ0v) is 33.0. The molecule has 1 aromatic rings. The van der Waals surface area contributed by atoms with Crippen molar-refractivity contribution >= 4 is 7.82 Å². The van der Waals surface area contributed by atoms with E-state index in [2.05, 4.69) is 27.7 Å². The van der Waals surface area contributed by atoms with Gasteiger partial charge in [-0.15, -0.1) is 0 Å². The van der Waals surface area contributed by atoms with Crippen LogP contribution in [0.2, 0.25) is 0 Å². The van der Waals surface area contributed by atoms with E-state index in [-0.39, 0.29) is 49.1 Å². The number of hydrogen-bond acceptors (Lipinski definition) is 12. The van der Waals surface area contributed by atoms with Crippen LogP contribution in [0.15, 0.2) is 30.3 Å². The van der Waals surface area contributed by atoms with Crippen molar-refractivity contribution in [2.75, 3.05) is 13.2 Å². The average Bonchev–Trinajstić information content (AvgIpc) is 3.51. The molecule has 10 fully saturated rings. The number of para-hydroxylation sites is 1. The summed E-state index contributed by atoms with van der Waals surface area (Å²) >= 11 is 0. The molecular formula is C40H59O12P. The first-order chi connectivity index (χ1) is 25.4. The maximum Gasteiger partial charge on any atom is 0.530 e. The topological polar surface area (TPSA) is 119 Å². The van der Waals surface area contributed by atoms with Gasteiger partial charge in [0.15, 0.2) is 23.8 Å². The van der Waals surface area contributed by atoms with Gasteiger partial charge in [0.1, 0.15) is 5.75 Å². The highest BCUT2D eigenvalue weighted by atomic mass is 31.2. The van der Waals surface area contributed by atoms with Crippen molar-refractivity contribution in [3.05, 3.63) is 30.3 Å². The van der Waals surface area contributed by atoms with Crippen molar-refractivity contribution in [2.24, 2.45) is 47.3 Å². The molecule has 2 spiro atoms. The van der Waals surface area contributed by atoms with Crippen molar-refractivity contribution in [2.45, 2.75) is 153 Å². The van der Waals surface area contributed by atoms with Crippen LogP contribution >= 0.6 is 7.82 Å². The summed E-state index contributed by atoms with van der Waals surface area (Å²) < 4.78 is 59.3. The van der Waals surface area contributed by atoms with Crippen LogP contribution in [-0.4, -0.2) is 60.8 Å². The Labute approximate surface area is 313 Å². The molecule has 1 aromatic carbocycles. The summed E-state index contributed by atoms with van der Waals surface area (Å²) in [6.45, 7) is 13.2. The zero-order valence-electron chi connectivity index (χ0n) is 32.1. The molecule has 2 aliphatic carbocycles. The molecule has 16 atom stereocenters. The van der Waals surface area contributed by atoms with E-state index in [4.69, 9.17) is 52.1 Å². The van der Waals surface area contributed by atoms with Gasteiger partial charge in [-0.05, 0) is 113 Å². The zero-order chi connectivity index (χ0) is 36.8. The number of phosphoric ester groups is 1. The minimum absolute atomic E-state index is 0.117. The molecule has 12 nitrogen and oxygen atoms in total. The molecule has 2 saturated carbocycles. The normalized spacial score (nSPS) is 51.0. The lowest BCUT2D eigenvalue weighted by molar-refractivity contribution is -0.571. The van der Waals surface area contributed by atoms with Gasteiger partial charge >= 0.3 is 7.82 Å². The van der Waals surface area contributed by atoms with Crippen LogP contribution in [0.25, 0.3) is 0 Å². The predicted octanol–water partition coefficient (Wildman–Crippen LogP) is 8.49. The first-order valence-corrected chi connectivity index (χ1v) is 21.9. The van der Waals surface area contributed by atoms with Crippen molar-refractivity contribution in [3.63, 3.8) is 0 Å². The summed E-state index contributed by atoms with van der Waals surface area (Å²) in [5.74, 6) is 0.970. The predicted molar refractivity (Wildman–Crippen MR) is 189 cm³/mol. The summed E-state index contributed by atoms with van der Waals surface area (Å²) in [4.78, 5) is 24.6. The first kappa shape index (κ1) is 37.4. The highest BCUT2D eigenvalue weighted by Crippen LogP contribution is 2.63. The average molecular weight is 763 g/mol. The number of rotatable bonds is 10. The van der Waals surface area contributed by atoms with Gasteiger partial charge in [0.05, 0.1) is 25.4 Å². The minimum atomic E-state index is -4.06. The van der Waals surface area contributed by atoms with Crippen molar-refractivity contribution in [1.82, 2.24) is 0 Å². The first-order valence-electron chi connectivity index (χ1n) is 20.4. The number of fused-ring (bicyclic) bond motifs is 4. The molecule has 0 unspecified atom stereocenters. The standard InChI is InChI=1S/C40H59O12P/c1-24-12-14-31-26(3)33(44-35-39(31)29(24)16-20-37(5,46-35)49-51-39)18-22-42-53(41,48-28-10-8-7-9-11-28)43-23-19-34-27(4)32-15-13-25(2)30-17-21-38(6)47-36(45-34)40(30,32)52-50-38/h7-11,24-27,29-36H,12-23H2,1-6H3/t24-,25-,26-,27-,29+,30+,31+,32+,33-,34-,35-,36-,37-,38-,39-,40-/m1/s1. The Morgan fingerprint density at radius 2 is 1.11 bits per heavy atom. The summed E-state index contributed by atoms with van der Waals surface area (Å²) in [5.41, 5.74) is -1.27. The summed E-state index contributed by atoms with van der Waals surface area (Å²) in [7, 11) is -4.06. The number of phosphoric acid groups is 1. The molecule has 8 saturated heterocycles. The third-order valence-corrected chi connectivity index (χ3v) is 16.3. The van der Waals surface area contributed by atoms with Crippen molar-refractivity contribution in [1.29, 1.82) is 0 Å². The summed E-state index contributed by atoms with van der Waals surface area (Å²) in [6.07, 6.45) is 7.24. The van der Waals surface area contributed by atoms with Gasteiger partial charge in [0.2, 0.25) is 11.6 Å². The SMILES string of the molecule is C[C@H]1[C@@H](CCOP(=O)(OCC[C@H]2O[C@@H]3O[C@@]4(C)CC[C@H]5[C@H](C)CC[C@@H]([C@H]2C)[C@@]35OO4)Oc2ccccc2)O[C@@H]2O[C@@]3(C)CC[C@H]4[C@H](C)CC[C@@H]1[C@@]24OO3. The Kier molecular flexibility index (Phi) is 9.71. The number of benzene rings is 1. The molecule has 0 radical (unpaired) electrons. The van der Waals surface area contributed by atoms with Gasteiger partial charge in [-0.1, -0.05) is 45.9 Å². The Balaban J connectivity index is 0.875. The van der Waals surface area contributed by atoms with Crippen molar-refractivity contribution < 1.29 is 56.6 Å². The van der Waals surface area contributed by atoms with E-state index in [1.165, 1.54) is 0 Å². The van der Waals surface area contributed by atoms with Crippen LogP contribution in [0, 0.1) is 47.3 Å². The second-order valence-corrected chi connectivity index (χ2v) is 19.6. The third kappa shape index (κ3) is 6.20. The summed E-state index contributed by atoms with van der Waals surface area (Å²) in [6, 6.07) is 9.04.